The summed E-state index contributed by atoms with van der Waals surface area (Å²) in [5.41, 5.74) is 0. The summed E-state index contributed by atoms with van der Waals surface area (Å²) >= 11 is 0. The number of hydrogen-bond donors (Lipinski definition) is 0. The van der Waals surface area contributed by atoms with E-state index in [2.05, 4.69) is 6.92 Å². The van der Waals surface area contributed by atoms with Gasteiger partial charge >= 0.3 is 0 Å². The lowest BCUT2D eigenvalue weighted by Gasteiger charge is -2.07. The Hall–Kier alpha value is -0.0800. The van der Waals surface area contributed by atoms with Crippen LogP contribution in [0.4, 0.5) is 0 Å². The largest absolute Gasteiger partial charge is 0.348 e. The minimum atomic E-state index is -0.209. The Labute approximate surface area is 107 Å². The van der Waals surface area contributed by atoms with Crippen molar-refractivity contribution >= 4 is 0 Å². The van der Waals surface area contributed by atoms with Crippen molar-refractivity contribution in [2.75, 3.05) is 13.2 Å². The van der Waals surface area contributed by atoms with Crippen LogP contribution in [0.25, 0.3) is 0 Å². The smallest absolute Gasteiger partial charge is 0.189 e. The number of ether oxygens (including phenoxy) is 2. The predicted octanol–water partition coefficient (Wildman–Crippen LogP) is 4.67. The average molecular weight is 242 g/mol. The molecule has 0 amide bonds. The molecule has 1 atom stereocenters. The summed E-state index contributed by atoms with van der Waals surface area (Å²) in [4.78, 5) is 0. The van der Waals surface area contributed by atoms with E-state index < -0.39 is 0 Å². The zero-order valence-electron chi connectivity index (χ0n) is 11.8. The molecule has 0 bridgehead atoms. The van der Waals surface area contributed by atoms with Crippen LogP contribution >= 0.6 is 0 Å². The van der Waals surface area contributed by atoms with Crippen molar-refractivity contribution in [3.05, 3.63) is 0 Å². The summed E-state index contributed by atoms with van der Waals surface area (Å²) in [7, 11) is 0. The topological polar surface area (TPSA) is 21.8 Å². The first-order valence-corrected chi connectivity index (χ1v) is 7.55. The molecule has 0 saturated carbocycles. The Morgan fingerprint density at radius 2 is 1.35 bits per heavy atom. The lowest BCUT2D eigenvalue weighted by molar-refractivity contribution is -0.0309. The van der Waals surface area contributed by atoms with Crippen molar-refractivity contribution in [3.63, 3.8) is 0 Å². The fraction of sp³-hybridized carbons (Fsp3) is 1.00. The third-order valence-corrected chi connectivity index (χ3v) is 3.46. The van der Waals surface area contributed by atoms with Gasteiger partial charge in [-0.25, -0.2) is 0 Å². The highest BCUT2D eigenvalue weighted by molar-refractivity contribution is 4.74. The van der Waals surface area contributed by atoms with Crippen molar-refractivity contribution < 1.29 is 9.47 Å². The number of hydrogen-bond acceptors (Lipinski definition) is 2. The monoisotopic (exact) mass is 242 g/mol. The fourth-order valence-corrected chi connectivity index (χ4v) is 2.06. The second kappa shape index (κ2) is 8.93. The van der Waals surface area contributed by atoms with Gasteiger partial charge in [0, 0.05) is 0 Å². The van der Waals surface area contributed by atoms with Crippen LogP contribution in [0.5, 0.6) is 0 Å². The van der Waals surface area contributed by atoms with E-state index in [0.717, 1.165) is 13.2 Å². The van der Waals surface area contributed by atoms with Crippen molar-refractivity contribution in [1.82, 2.24) is 0 Å². The Morgan fingerprint density at radius 3 is 1.82 bits per heavy atom. The van der Waals surface area contributed by atoms with Crippen LogP contribution in [-0.2, 0) is 9.47 Å². The maximum absolute atomic E-state index is 5.59. The second-order valence-electron chi connectivity index (χ2n) is 5.45. The maximum Gasteiger partial charge on any atom is 0.189 e. The first-order chi connectivity index (χ1) is 8.27. The number of unbranched alkanes of at least 4 members (excludes halogenated alkanes) is 9. The fourth-order valence-electron chi connectivity index (χ4n) is 2.06. The predicted molar refractivity (Wildman–Crippen MR) is 72.2 cm³/mol. The van der Waals surface area contributed by atoms with Gasteiger partial charge in [-0.3, -0.25) is 0 Å². The van der Waals surface area contributed by atoms with Gasteiger partial charge in [0.15, 0.2) is 5.79 Å². The normalized spacial score (nSPS) is 22.9. The molecule has 1 saturated heterocycles. The first kappa shape index (κ1) is 15.0. The van der Waals surface area contributed by atoms with Crippen molar-refractivity contribution in [2.24, 2.45) is 0 Å². The third-order valence-electron chi connectivity index (χ3n) is 3.46. The summed E-state index contributed by atoms with van der Waals surface area (Å²) in [5, 5.41) is 0. The molecular weight excluding hydrogens is 212 g/mol. The van der Waals surface area contributed by atoms with Gasteiger partial charge < -0.3 is 9.47 Å². The van der Waals surface area contributed by atoms with Crippen LogP contribution in [-0.4, -0.2) is 19.0 Å². The molecule has 1 aliphatic heterocycles. The van der Waals surface area contributed by atoms with E-state index in [1.165, 1.54) is 64.2 Å². The number of rotatable bonds is 12. The van der Waals surface area contributed by atoms with Gasteiger partial charge in [0.05, 0.1) is 6.61 Å². The molecule has 0 radical (unpaired) electrons. The van der Waals surface area contributed by atoms with Crippen molar-refractivity contribution in [3.8, 4) is 0 Å². The zero-order valence-corrected chi connectivity index (χ0v) is 11.8. The van der Waals surface area contributed by atoms with Crippen LogP contribution in [0.3, 0.4) is 0 Å². The first-order valence-electron chi connectivity index (χ1n) is 7.55. The van der Waals surface area contributed by atoms with E-state index in [0.29, 0.717) is 0 Å². The van der Waals surface area contributed by atoms with Crippen LogP contribution in [0, 0.1) is 0 Å². The molecule has 0 aromatic carbocycles. The standard InChI is InChI=1S/C15H30O2/c1-3-4-5-6-7-8-9-10-11-12-13-16-15(2)14-17-15/h3-14H2,1-2H3. The van der Waals surface area contributed by atoms with Gasteiger partial charge in [0.25, 0.3) is 0 Å². The van der Waals surface area contributed by atoms with Crippen LogP contribution in [0.15, 0.2) is 0 Å². The molecule has 0 aromatic rings. The van der Waals surface area contributed by atoms with Gasteiger partial charge in [-0.05, 0) is 13.3 Å². The molecule has 0 spiro atoms. The molecule has 0 N–H and O–H groups in total. The summed E-state index contributed by atoms with van der Waals surface area (Å²) in [6, 6.07) is 0. The molecule has 2 nitrogen and oxygen atoms in total. The lowest BCUT2D eigenvalue weighted by Crippen LogP contribution is -2.11. The van der Waals surface area contributed by atoms with Crippen LogP contribution in [0.2, 0.25) is 0 Å². The summed E-state index contributed by atoms with van der Waals surface area (Å²) < 4.78 is 10.8. The molecule has 1 fully saturated rings. The zero-order chi connectivity index (χ0) is 12.4. The van der Waals surface area contributed by atoms with E-state index in [1.807, 2.05) is 6.92 Å². The van der Waals surface area contributed by atoms with Crippen molar-refractivity contribution in [2.45, 2.75) is 83.8 Å². The SMILES string of the molecule is CCCCCCCCCCCCOC1(C)CO1. The second-order valence-corrected chi connectivity index (χ2v) is 5.45. The van der Waals surface area contributed by atoms with Gasteiger partial charge in [-0.1, -0.05) is 64.7 Å². The lowest BCUT2D eigenvalue weighted by atomic mass is 10.1. The molecule has 17 heavy (non-hydrogen) atoms. The van der Waals surface area contributed by atoms with E-state index in [4.69, 9.17) is 9.47 Å². The molecule has 1 rings (SSSR count). The Morgan fingerprint density at radius 1 is 0.882 bits per heavy atom. The van der Waals surface area contributed by atoms with Gasteiger partial charge in [0.2, 0.25) is 0 Å². The highest BCUT2D eigenvalue weighted by Crippen LogP contribution is 2.27. The average Bonchev–Trinajstić information content (AvgIpc) is 3.05. The van der Waals surface area contributed by atoms with Crippen LogP contribution < -0.4 is 0 Å². The minimum absolute atomic E-state index is 0.209. The Bertz CT molecular complexity index is 176. The van der Waals surface area contributed by atoms with E-state index in [-0.39, 0.29) is 5.79 Å². The number of epoxide rings is 1. The van der Waals surface area contributed by atoms with Crippen LogP contribution in [0.1, 0.15) is 78.1 Å². The minimum Gasteiger partial charge on any atom is -0.348 e. The van der Waals surface area contributed by atoms with Crippen molar-refractivity contribution in [1.29, 1.82) is 0 Å². The van der Waals surface area contributed by atoms with Gasteiger partial charge in [-0.2, -0.15) is 0 Å². The quantitative estimate of drug-likeness (QED) is 0.366. The molecule has 1 unspecified atom stereocenters. The maximum atomic E-state index is 5.59. The van der Waals surface area contributed by atoms with E-state index in [1.54, 1.807) is 0 Å². The van der Waals surface area contributed by atoms with Gasteiger partial charge in [0.1, 0.15) is 6.61 Å². The summed E-state index contributed by atoms with van der Waals surface area (Å²) in [6.07, 6.45) is 13.8. The Kier molecular flexibility index (Phi) is 7.87. The Balaban J connectivity index is 1.67. The summed E-state index contributed by atoms with van der Waals surface area (Å²) in [5.74, 6) is -0.209. The molecule has 1 aliphatic rings. The van der Waals surface area contributed by atoms with E-state index in [9.17, 15) is 0 Å². The molecular formula is C15H30O2. The summed E-state index contributed by atoms with van der Waals surface area (Å²) in [6.45, 7) is 5.94. The van der Waals surface area contributed by atoms with E-state index >= 15 is 0 Å². The molecule has 2 heteroatoms. The molecule has 0 aliphatic carbocycles. The van der Waals surface area contributed by atoms with Gasteiger partial charge in [-0.15, -0.1) is 0 Å². The molecule has 102 valence electrons. The highest BCUT2D eigenvalue weighted by Gasteiger charge is 2.40. The molecule has 0 aromatic heterocycles. The highest BCUT2D eigenvalue weighted by atomic mass is 16.8. The molecule has 1 heterocycles. The third kappa shape index (κ3) is 8.62.